The number of amides is 1. The predicted molar refractivity (Wildman–Crippen MR) is 122 cm³/mol. The van der Waals surface area contributed by atoms with E-state index in [4.69, 9.17) is 4.74 Å². The zero-order chi connectivity index (χ0) is 21.5. The highest BCUT2D eigenvalue weighted by molar-refractivity contribution is 6.02. The van der Waals surface area contributed by atoms with Crippen molar-refractivity contribution >= 4 is 23.1 Å². The van der Waals surface area contributed by atoms with Crippen molar-refractivity contribution in [3.8, 4) is 5.75 Å². The van der Waals surface area contributed by atoms with Gasteiger partial charge in [0.05, 0.1) is 12.8 Å². The van der Waals surface area contributed by atoms with Crippen molar-refractivity contribution in [2.75, 3.05) is 0 Å². The number of phenols is 1. The van der Waals surface area contributed by atoms with Gasteiger partial charge in [-0.1, -0.05) is 91.0 Å². The van der Waals surface area contributed by atoms with E-state index in [9.17, 15) is 9.90 Å². The number of nitrogens with zero attached hydrogens (tertiary/aromatic N) is 2. The van der Waals surface area contributed by atoms with Crippen molar-refractivity contribution in [2.24, 2.45) is 5.10 Å². The molecule has 0 fully saturated rings. The van der Waals surface area contributed by atoms with Gasteiger partial charge in [-0.25, -0.2) is 4.79 Å². The van der Waals surface area contributed by atoms with E-state index in [1.807, 2.05) is 91.0 Å². The van der Waals surface area contributed by atoms with E-state index in [1.54, 1.807) is 6.07 Å². The Morgan fingerprint density at radius 3 is 2.23 bits per heavy atom. The summed E-state index contributed by atoms with van der Waals surface area (Å²) in [5.74, 6) is 0.0970. The van der Waals surface area contributed by atoms with Crippen LogP contribution >= 0.6 is 0 Å². The molecule has 4 aromatic rings. The maximum Gasteiger partial charge on any atom is 0.431 e. The molecule has 4 aromatic carbocycles. The molecular formula is C26H22N2O3. The summed E-state index contributed by atoms with van der Waals surface area (Å²) >= 11 is 0. The number of rotatable bonds is 6. The van der Waals surface area contributed by atoms with Crippen molar-refractivity contribution in [1.29, 1.82) is 0 Å². The molecule has 0 heterocycles. The van der Waals surface area contributed by atoms with Crippen molar-refractivity contribution in [2.45, 2.75) is 13.2 Å². The second-order valence-electron chi connectivity index (χ2n) is 7.05. The molecule has 0 spiro atoms. The Labute approximate surface area is 180 Å². The topological polar surface area (TPSA) is 62.1 Å². The molecule has 0 radical (unpaired) electrons. The fourth-order valence-corrected chi connectivity index (χ4v) is 3.25. The van der Waals surface area contributed by atoms with Crippen LogP contribution < -0.4 is 0 Å². The van der Waals surface area contributed by atoms with Gasteiger partial charge in [0, 0.05) is 5.56 Å². The summed E-state index contributed by atoms with van der Waals surface area (Å²) in [5.41, 5.74) is 2.36. The van der Waals surface area contributed by atoms with Crippen LogP contribution in [0.25, 0.3) is 10.8 Å². The summed E-state index contributed by atoms with van der Waals surface area (Å²) < 4.78 is 5.48. The fraction of sp³-hybridized carbons (Fsp3) is 0.0769. The lowest BCUT2D eigenvalue weighted by molar-refractivity contribution is 0.0951. The Balaban J connectivity index is 1.60. The number of hydrogen-bond donors (Lipinski definition) is 1. The van der Waals surface area contributed by atoms with Crippen LogP contribution in [-0.2, 0) is 17.9 Å². The molecule has 0 unspecified atom stereocenters. The normalized spacial score (nSPS) is 11.0. The molecule has 1 N–H and O–H groups in total. The largest absolute Gasteiger partial charge is 0.507 e. The van der Waals surface area contributed by atoms with Crippen LogP contribution in [0.1, 0.15) is 16.7 Å². The van der Waals surface area contributed by atoms with Crippen LogP contribution in [0.15, 0.2) is 102 Å². The molecule has 0 bridgehead atoms. The maximum absolute atomic E-state index is 12.8. The van der Waals surface area contributed by atoms with Gasteiger partial charge in [-0.2, -0.15) is 10.1 Å². The highest BCUT2D eigenvalue weighted by Crippen LogP contribution is 2.25. The number of hydrazone groups is 1. The van der Waals surface area contributed by atoms with Crippen molar-refractivity contribution in [1.82, 2.24) is 5.01 Å². The zero-order valence-corrected chi connectivity index (χ0v) is 16.9. The van der Waals surface area contributed by atoms with E-state index in [-0.39, 0.29) is 18.9 Å². The van der Waals surface area contributed by atoms with Crippen molar-refractivity contribution in [3.05, 3.63) is 114 Å². The summed E-state index contributed by atoms with van der Waals surface area (Å²) in [6, 6.07) is 30.2. The predicted octanol–water partition coefficient (Wildman–Crippen LogP) is 5.72. The Morgan fingerprint density at radius 1 is 0.839 bits per heavy atom. The van der Waals surface area contributed by atoms with Crippen LogP contribution in [0.5, 0.6) is 5.75 Å². The van der Waals surface area contributed by atoms with Gasteiger partial charge < -0.3 is 9.84 Å². The SMILES string of the molecule is O=C(OCc1ccccc1)N(Cc1ccccc1)/N=C/c1c(O)ccc2ccccc12. The van der Waals surface area contributed by atoms with Crippen molar-refractivity contribution in [3.63, 3.8) is 0 Å². The van der Waals surface area contributed by atoms with Gasteiger partial charge in [-0.15, -0.1) is 0 Å². The second kappa shape index (κ2) is 9.59. The monoisotopic (exact) mass is 410 g/mol. The Hall–Kier alpha value is -4.12. The maximum atomic E-state index is 12.8. The van der Waals surface area contributed by atoms with E-state index < -0.39 is 6.09 Å². The summed E-state index contributed by atoms with van der Waals surface area (Å²) in [4.78, 5) is 12.8. The van der Waals surface area contributed by atoms with Gasteiger partial charge in [0.25, 0.3) is 0 Å². The third-order valence-electron chi connectivity index (χ3n) is 4.86. The molecule has 4 rings (SSSR count). The minimum Gasteiger partial charge on any atom is -0.507 e. The molecule has 0 saturated carbocycles. The quantitative estimate of drug-likeness (QED) is 0.327. The third-order valence-corrected chi connectivity index (χ3v) is 4.86. The first-order chi connectivity index (χ1) is 15.2. The van der Waals surface area contributed by atoms with Crippen LogP contribution in [-0.4, -0.2) is 22.4 Å². The lowest BCUT2D eigenvalue weighted by Gasteiger charge is -2.17. The third kappa shape index (κ3) is 5.08. The van der Waals surface area contributed by atoms with Gasteiger partial charge in [0.2, 0.25) is 0 Å². The number of aromatic hydroxyl groups is 1. The average Bonchev–Trinajstić information content (AvgIpc) is 2.82. The smallest absolute Gasteiger partial charge is 0.431 e. The minimum atomic E-state index is -0.566. The molecule has 0 aliphatic carbocycles. The molecule has 5 heteroatoms. The lowest BCUT2D eigenvalue weighted by Crippen LogP contribution is -2.26. The van der Waals surface area contributed by atoms with Crippen LogP contribution in [0, 0.1) is 0 Å². The van der Waals surface area contributed by atoms with E-state index >= 15 is 0 Å². The average molecular weight is 410 g/mol. The number of benzene rings is 4. The Kier molecular flexibility index (Phi) is 6.24. The fourth-order valence-electron chi connectivity index (χ4n) is 3.25. The molecule has 31 heavy (non-hydrogen) atoms. The molecule has 5 nitrogen and oxygen atoms in total. The minimum absolute atomic E-state index is 0.0970. The standard InChI is InChI=1S/C26H22N2O3/c29-25-16-15-22-13-7-8-14-23(22)24(25)17-27-28(18-20-9-3-1-4-10-20)26(30)31-19-21-11-5-2-6-12-21/h1-17,29H,18-19H2/b27-17+. The molecular weight excluding hydrogens is 388 g/mol. The first kappa shape index (κ1) is 20.2. The second-order valence-corrected chi connectivity index (χ2v) is 7.05. The molecule has 0 aliphatic rings. The van der Waals surface area contributed by atoms with Gasteiger partial charge in [-0.05, 0) is 28.0 Å². The molecule has 0 saturated heterocycles. The molecule has 1 amide bonds. The summed E-state index contributed by atoms with van der Waals surface area (Å²) in [5, 5.41) is 17.9. The molecule has 0 aliphatic heterocycles. The Bertz CT molecular complexity index is 1190. The van der Waals surface area contributed by atoms with Gasteiger partial charge in [0.15, 0.2) is 0 Å². The highest BCUT2D eigenvalue weighted by Gasteiger charge is 2.15. The highest BCUT2D eigenvalue weighted by atomic mass is 16.6. The number of fused-ring (bicyclic) bond motifs is 1. The number of carbonyl (C=O) groups excluding carboxylic acids is 1. The van der Waals surface area contributed by atoms with E-state index in [0.29, 0.717) is 5.56 Å². The number of carbonyl (C=O) groups is 1. The van der Waals surface area contributed by atoms with Crippen molar-refractivity contribution < 1.29 is 14.6 Å². The number of ether oxygens (including phenoxy) is 1. The Morgan fingerprint density at radius 2 is 1.48 bits per heavy atom. The van der Waals surface area contributed by atoms with Crippen LogP contribution in [0.4, 0.5) is 4.79 Å². The first-order valence-electron chi connectivity index (χ1n) is 9.97. The van der Waals surface area contributed by atoms with E-state index in [0.717, 1.165) is 21.9 Å². The molecule has 154 valence electrons. The van der Waals surface area contributed by atoms with Crippen LogP contribution in [0.3, 0.4) is 0 Å². The molecule has 0 atom stereocenters. The van der Waals surface area contributed by atoms with E-state index in [2.05, 4.69) is 5.10 Å². The summed E-state index contributed by atoms with van der Waals surface area (Å²) in [6.45, 7) is 0.399. The number of phenolic OH excluding ortho intramolecular Hbond substituents is 1. The van der Waals surface area contributed by atoms with Gasteiger partial charge in [0.1, 0.15) is 12.4 Å². The number of hydrogen-bond acceptors (Lipinski definition) is 4. The van der Waals surface area contributed by atoms with Crippen LogP contribution in [0.2, 0.25) is 0 Å². The summed E-state index contributed by atoms with van der Waals surface area (Å²) in [7, 11) is 0. The van der Waals surface area contributed by atoms with E-state index in [1.165, 1.54) is 11.2 Å². The lowest BCUT2D eigenvalue weighted by atomic mass is 10.0. The van der Waals surface area contributed by atoms with Gasteiger partial charge in [-0.3, -0.25) is 0 Å². The van der Waals surface area contributed by atoms with Gasteiger partial charge >= 0.3 is 6.09 Å². The zero-order valence-electron chi connectivity index (χ0n) is 16.9. The molecule has 0 aromatic heterocycles. The first-order valence-corrected chi connectivity index (χ1v) is 9.97. The summed E-state index contributed by atoms with van der Waals surface area (Å²) in [6.07, 6.45) is 0.938.